The first-order valence-corrected chi connectivity index (χ1v) is 10.3. The van der Waals surface area contributed by atoms with E-state index in [0.29, 0.717) is 45.4 Å². The molecule has 3 N–H and O–H groups in total. The Morgan fingerprint density at radius 3 is 1.96 bits per heavy atom. The number of carbonyl (C=O) groups is 2. The van der Waals surface area contributed by atoms with E-state index in [0.717, 1.165) is 5.56 Å². The average molecular weight is 598 g/mol. The van der Waals surface area contributed by atoms with Gasteiger partial charge in [-0.25, -0.2) is 0 Å². The van der Waals surface area contributed by atoms with Crippen LogP contribution in [-0.4, -0.2) is 23.1 Å². The van der Waals surface area contributed by atoms with Crippen LogP contribution < -0.4 is 10.6 Å². The predicted octanol–water partition coefficient (Wildman–Crippen LogP) is 3.76. The van der Waals surface area contributed by atoms with Crippen LogP contribution in [0.25, 0.3) is 10.8 Å². The summed E-state index contributed by atoms with van der Waals surface area (Å²) in [6.45, 7) is 0. The van der Waals surface area contributed by atoms with Gasteiger partial charge in [0.25, 0.3) is 11.8 Å². The minimum Gasteiger partial charge on any atom is -0.369 e. The molecule has 0 saturated carbocycles. The Balaban J connectivity index is 2.12. The van der Waals surface area contributed by atoms with Gasteiger partial charge in [-0.05, 0) is 63.7 Å². The second kappa shape index (κ2) is 5.26. The standard InChI is InChI=1S/C15H6Br4N2O4/c16-7-3-1-2-5(8(7)17)12(22)20-13(23)6(2)10(19)9(18)4(1)14(24)21-15-11(3)25-15/h11-12,15,22H,(H,20,23)(H,21,24). The molecule has 0 radical (unpaired) electrons. The highest BCUT2D eigenvalue weighted by molar-refractivity contribution is 9.13. The van der Waals surface area contributed by atoms with Gasteiger partial charge in [0, 0.05) is 39.8 Å². The SMILES string of the molecule is O=C1NC(O)c2c(Br)c(Br)c3c4c(c(Br)c(Br)c1c24)C(=O)NC1OC31. The number of aliphatic hydroxyl groups excluding tert-OH is 1. The largest absolute Gasteiger partial charge is 0.369 e. The van der Waals surface area contributed by atoms with Crippen molar-refractivity contribution in [3.8, 4) is 0 Å². The van der Waals surface area contributed by atoms with Crippen molar-refractivity contribution in [3.05, 3.63) is 40.1 Å². The molecule has 0 aliphatic carbocycles. The summed E-state index contributed by atoms with van der Waals surface area (Å²) in [6.07, 6.45) is -1.91. The summed E-state index contributed by atoms with van der Waals surface area (Å²) >= 11 is 13.9. The van der Waals surface area contributed by atoms with Crippen LogP contribution >= 0.6 is 63.7 Å². The molecule has 1 fully saturated rings. The number of fused-ring (bicyclic) bond motifs is 2. The number of nitrogens with one attached hydrogen (secondary N) is 2. The van der Waals surface area contributed by atoms with Crippen LogP contribution in [0.1, 0.15) is 44.2 Å². The molecule has 0 bridgehead atoms. The zero-order valence-electron chi connectivity index (χ0n) is 11.9. The Hall–Kier alpha value is -0.520. The van der Waals surface area contributed by atoms with Gasteiger partial charge in [0.05, 0.1) is 11.1 Å². The molecule has 1 saturated heterocycles. The molecule has 6 nitrogen and oxygen atoms in total. The smallest absolute Gasteiger partial charge is 0.255 e. The number of epoxide rings is 1. The summed E-state index contributed by atoms with van der Waals surface area (Å²) in [5.41, 5.74) is 2.06. The molecule has 10 heteroatoms. The summed E-state index contributed by atoms with van der Waals surface area (Å²) in [6, 6.07) is 0. The van der Waals surface area contributed by atoms with Crippen molar-refractivity contribution in [2.45, 2.75) is 18.6 Å². The lowest BCUT2D eigenvalue weighted by molar-refractivity contribution is 0.0769. The number of benzene rings is 2. The van der Waals surface area contributed by atoms with E-state index in [9.17, 15) is 14.7 Å². The molecule has 3 unspecified atom stereocenters. The van der Waals surface area contributed by atoms with Gasteiger partial charge in [0.15, 0.2) is 12.5 Å². The molecule has 2 aromatic rings. The van der Waals surface area contributed by atoms with E-state index in [1.54, 1.807) is 0 Å². The zero-order valence-corrected chi connectivity index (χ0v) is 18.3. The number of halogens is 4. The molecule has 3 heterocycles. The van der Waals surface area contributed by atoms with Gasteiger partial charge >= 0.3 is 0 Å². The third kappa shape index (κ3) is 2.01. The van der Waals surface area contributed by atoms with Gasteiger partial charge in [-0.1, -0.05) is 0 Å². The number of carbonyl (C=O) groups excluding carboxylic acids is 2. The number of hydrogen-bond donors (Lipinski definition) is 3. The fourth-order valence-corrected chi connectivity index (χ4v) is 5.96. The summed E-state index contributed by atoms with van der Waals surface area (Å²) in [5, 5.41) is 17.0. The van der Waals surface area contributed by atoms with Crippen molar-refractivity contribution in [1.29, 1.82) is 0 Å². The Morgan fingerprint density at radius 2 is 1.32 bits per heavy atom. The summed E-state index contributed by atoms with van der Waals surface area (Å²) in [5.74, 6) is -0.719. The van der Waals surface area contributed by atoms with Crippen LogP contribution in [-0.2, 0) is 4.74 Å². The topological polar surface area (TPSA) is 91.0 Å². The van der Waals surface area contributed by atoms with Crippen LogP contribution in [0.4, 0.5) is 0 Å². The van der Waals surface area contributed by atoms with Gasteiger partial charge in [-0.15, -0.1) is 0 Å². The first-order valence-electron chi connectivity index (χ1n) is 7.13. The van der Waals surface area contributed by atoms with Crippen LogP contribution in [0.15, 0.2) is 17.9 Å². The minimum absolute atomic E-state index is 0.300. The molecule has 0 spiro atoms. The fraction of sp³-hybridized carbons (Fsp3) is 0.200. The third-order valence-corrected chi connectivity index (χ3v) is 8.93. The molecule has 3 atom stereocenters. The summed E-state index contributed by atoms with van der Waals surface area (Å²) < 4.78 is 7.85. The highest BCUT2D eigenvalue weighted by atomic mass is 79.9. The van der Waals surface area contributed by atoms with Crippen LogP contribution in [0.5, 0.6) is 0 Å². The van der Waals surface area contributed by atoms with E-state index < -0.39 is 18.4 Å². The zero-order chi connectivity index (χ0) is 17.8. The van der Waals surface area contributed by atoms with Crippen LogP contribution in [0.3, 0.4) is 0 Å². The highest BCUT2D eigenvalue weighted by Crippen LogP contribution is 2.55. The first-order chi connectivity index (χ1) is 11.8. The molecule has 0 aromatic heterocycles. The minimum atomic E-state index is -1.19. The molecular formula is C15H6Br4N2O4. The molecule has 128 valence electrons. The second-order valence-electron chi connectivity index (χ2n) is 5.91. The number of ether oxygens (including phenoxy) is 1. The van der Waals surface area contributed by atoms with E-state index >= 15 is 0 Å². The number of hydrogen-bond acceptors (Lipinski definition) is 4. The van der Waals surface area contributed by atoms with Gasteiger partial charge in [-0.2, -0.15) is 0 Å². The molecular weight excluding hydrogens is 592 g/mol. The lowest BCUT2D eigenvalue weighted by Gasteiger charge is -2.28. The van der Waals surface area contributed by atoms with Gasteiger partial charge in [0.2, 0.25) is 0 Å². The van der Waals surface area contributed by atoms with Gasteiger partial charge < -0.3 is 20.5 Å². The number of amides is 2. The summed E-state index contributed by atoms with van der Waals surface area (Å²) in [4.78, 5) is 25.3. The second-order valence-corrected chi connectivity index (χ2v) is 9.08. The van der Waals surface area contributed by atoms with Crippen molar-refractivity contribution >= 4 is 86.3 Å². The van der Waals surface area contributed by atoms with E-state index in [1.807, 2.05) is 0 Å². The number of aliphatic hydroxyl groups is 1. The molecule has 2 amide bonds. The lowest BCUT2D eigenvalue weighted by atomic mass is 9.88. The highest BCUT2D eigenvalue weighted by Gasteiger charge is 2.49. The summed E-state index contributed by atoms with van der Waals surface area (Å²) in [7, 11) is 0. The number of rotatable bonds is 0. The maximum atomic E-state index is 12.8. The monoisotopic (exact) mass is 594 g/mol. The quantitative estimate of drug-likeness (QED) is 0.404. The normalized spacial score (nSPS) is 26.0. The van der Waals surface area contributed by atoms with Crippen LogP contribution in [0, 0.1) is 0 Å². The molecule has 5 rings (SSSR count). The maximum Gasteiger partial charge on any atom is 0.255 e. The van der Waals surface area contributed by atoms with Gasteiger partial charge in [-0.3, -0.25) is 9.59 Å². The van der Waals surface area contributed by atoms with Crippen molar-refractivity contribution in [3.63, 3.8) is 0 Å². The average Bonchev–Trinajstić information content (AvgIpc) is 3.29. The molecule has 25 heavy (non-hydrogen) atoms. The van der Waals surface area contributed by atoms with E-state index in [1.165, 1.54) is 0 Å². The Labute approximate surface area is 174 Å². The third-order valence-electron chi connectivity index (χ3n) is 4.63. The predicted molar refractivity (Wildman–Crippen MR) is 102 cm³/mol. The fourth-order valence-electron chi connectivity index (χ4n) is 3.55. The van der Waals surface area contributed by atoms with Crippen molar-refractivity contribution in [2.24, 2.45) is 0 Å². The van der Waals surface area contributed by atoms with Crippen molar-refractivity contribution in [2.75, 3.05) is 0 Å². The van der Waals surface area contributed by atoms with Crippen LogP contribution in [0.2, 0.25) is 0 Å². The Bertz CT molecular complexity index is 1050. The van der Waals surface area contributed by atoms with E-state index in [4.69, 9.17) is 4.74 Å². The molecule has 2 aromatic carbocycles. The lowest BCUT2D eigenvalue weighted by Crippen LogP contribution is -2.34. The van der Waals surface area contributed by atoms with Crippen molar-refractivity contribution < 1.29 is 19.4 Å². The maximum absolute atomic E-state index is 12.8. The van der Waals surface area contributed by atoms with Gasteiger partial charge in [0.1, 0.15) is 6.10 Å². The molecule has 3 aliphatic rings. The van der Waals surface area contributed by atoms with E-state index in [-0.39, 0.29) is 12.0 Å². The first kappa shape index (κ1) is 16.6. The molecule has 3 aliphatic heterocycles. The Kier molecular flexibility index (Phi) is 3.50. The van der Waals surface area contributed by atoms with E-state index in [2.05, 4.69) is 74.4 Å². The Morgan fingerprint density at radius 1 is 0.800 bits per heavy atom. The van der Waals surface area contributed by atoms with Crippen molar-refractivity contribution in [1.82, 2.24) is 10.6 Å².